The van der Waals surface area contributed by atoms with Gasteiger partial charge in [0.05, 0.1) is 6.10 Å². The Morgan fingerprint density at radius 3 is 2.55 bits per heavy atom. The summed E-state index contributed by atoms with van der Waals surface area (Å²) >= 11 is 0. The maximum Gasteiger partial charge on any atom is 0.0577 e. The van der Waals surface area contributed by atoms with Crippen LogP contribution in [0.5, 0.6) is 0 Å². The quantitative estimate of drug-likeness (QED) is 0.467. The van der Waals surface area contributed by atoms with Crippen molar-refractivity contribution in [1.29, 1.82) is 0 Å². The van der Waals surface area contributed by atoms with Gasteiger partial charge in [0.25, 0.3) is 0 Å². The first kappa shape index (κ1) is 21.9. The molecule has 1 heteroatoms. The van der Waals surface area contributed by atoms with Gasteiger partial charge >= 0.3 is 0 Å². The largest absolute Gasteiger partial charge is 0.393 e. The van der Waals surface area contributed by atoms with E-state index in [9.17, 15) is 5.11 Å². The number of rotatable bonds is 5. The molecule has 4 aliphatic rings. The zero-order valence-corrected chi connectivity index (χ0v) is 20.1. The van der Waals surface area contributed by atoms with Gasteiger partial charge < -0.3 is 5.11 Å². The lowest BCUT2D eigenvalue weighted by molar-refractivity contribution is -0.109. The molecule has 0 aromatic rings. The molecule has 8 atom stereocenters. The van der Waals surface area contributed by atoms with E-state index in [1.807, 2.05) is 0 Å². The average Bonchev–Trinajstić information content (AvgIpc) is 2.67. The Hall–Kier alpha value is -0.300. The SMILES string of the molecule is CC(C)CCC[C@@H](C)C1CCCC2C3CC=C4C[C@@H](O)CC[C@]4(C)C3CC[C@@]21C. The van der Waals surface area contributed by atoms with Crippen LogP contribution in [-0.4, -0.2) is 11.2 Å². The van der Waals surface area contributed by atoms with Crippen molar-refractivity contribution in [3.63, 3.8) is 0 Å². The minimum atomic E-state index is -0.0783. The van der Waals surface area contributed by atoms with Crippen molar-refractivity contribution < 1.29 is 5.11 Å². The highest BCUT2D eigenvalue weighted by atomic mass is 16.3. The van der Waals surface area contributed by atoms with Crippen LogP contribution in [0.1, 0.15) is 112 Å². The van der Waals surface area contributed by atoms with Crippen molar-refractivity contribution in [2.24, 2.45) is 46.3 Å². The van der Waals surface area contributed by atoms with Crippen LogP contribution in [0, 0.1) is 46.3 Å². The predicted molar refractivity (Wildman–Crippen MR) is 124 cm³/mol. The zero-order valence-electron chi connectivity index (χ0n) is 20.1. The molecule has 0 aromatic heterocycles. The second kappa shape index (κ2) is 8.33. The number of aliphatic hydroxyl groups excluding tert-OH is 1. The van der Waals surface area contributed by atoms with Crippen molar-refractivity contribution in [3.8, 4) is 0 Å². The monoisotopic (exact) mass is 400 g/mol. The van der Waals surface area contributed by atoms with E-state index in [4.69, 9.17) is 0 Å². The second-order valence-corrected chi connectivity index (χ2v) is 12.5. The van der Waals surface area contributed by atoms with Crippen molar-refractivity contribution in [2.45, 2.75) is 118 Å². The third-order valence-electron chi connectivity index (χ3n) is 10.5. The number of aliphatic hydroxyl groups is 1. The molecule has 29 heavy (non-hydrogen) atoms. The molecule has 0 radical (unpaired) electrons. The van der Waals surface area contributed by atoms with E-state index in [1.165, 1.54) is 64.2 Å². The van der Waals surface area contributed by atoms with Gasteiger partial charge in [-0.1, -0.05) is 72.0 Å². The lowest BCUT2D eigenvalue weighted by atomic mass is 9.42. The van der Waals surface area contributed by atoms with Crippen LogP contribution < -0.4 is 0 Å². The lowest BCUT2D eigenvalue weighted by Crippen LogP contribution is -2.54. The third-order valence-corrected chi connectivity index (χ3v) is 10.5. The third kappa shape index (κ3) is 3.88. The Morgan fingerprint density at radius 1 is 1.00 bits per heavy atom. The molecule has 4 aliphatic carbocycles. The topological polar surface area (TPSA) is 20.2 Å². The first-order valence-corrected chi connectivity index (χ1v) is 13.1. The average molecular weight is 401 g/mol. The van der Waals surface area contributed by atoms with E-state index in [2.05, 4.69) is 40.7 Å². The summed E-state index contributed by atoms with van der Waals surface area (Å²) in [6.07, 6.45) is 18.6. The highest BCUT2D eigenvalue weighted by Crippen LogP contribution is 2.66. The number of allylic oxidation sites excluding steroid dienone is 1. The second-order valence-electron chi connectivity index (χ2n) is 12.5. The van der Waals surface area contributed by atoms with Gasteiger partial charge in [0, 0.05) is 0 Å². The van der Waals surface area contributed by atoms with Crippen molar-refractivity contribution in [1.82, 2.24) is 0 Å². The number of hydrogen-bond acceptors (Lipinski definition) is 1. The Kier molecular flexibility index (Phi) is 6.29. The predicted octanol–water partition coefficient (Wildman–Crippen LogP) is 7.78. The fourth-order valence-electron chi connectivity index (χ4n) is 8.86. The van der Waals surface area contributed by atoms with E-state index in [0.717, 1.165) is 48.3 Å². The Morgan fingerprint density at radius 2 is 1.79 bits per heavy atom. The van der Waals surface area contributed by atoms with Crippen molar-refractivity contribution >= 4 is 0 Å². The van der Waals surface area contributed by atoms with E-state index >= 15 is 0 Å². The Balaban J connectivity index is 1.52. The number of fused-ring (bicyclic) bond motifs is 5. The molecule has 0 aliphatic heterocycles. The van der Waals surface area contributed by atoms with Crippen LogP contribution >= 0.6 is 0 Å². The van der Waals surface area contributed by atoms with Gasteiger partial charge in [-0.3, -0.25) is 0 Å². The molecule has 1 N–H and O–H groups in total. The maximum absolute atomic E-state index is 10.2. The Labute approximate surface area is 181 Å². The minimum Gasteiger partial charge on any atom is -0.393 e. The molecular weight excluding hydrogens is 352 g/mol. The first-order chi connectivity index (χ1) is 13.8. The van der Waals surface area contributed by atoms with Crippen molar-refractivity contribution in [2.75, 3.05) is 0 Å². The first-order valence-electron chi connectivity index (χ1n) is 13.1. The normalized spacial score (nSPS) is 45.8. The van der Waals surface area contributed by atoms with Gasteiger partial charge in [-0.15, -0.1) is 0 Å². The fourth-order valence-corrected chi connectivity index (χ4v) is 8.86. The minimum absolute atomic E-state index is 0.0783. The molecule has 0 aromatic carbocycles. The van der Waals surface area contributed by atoms with Crippen LogP contribution in [0.2, 0.25) is 0 Å². The van der Waals surface area contributed by atoms with Crippen LogP contribution in [0.3, 0.4) is 0 Å². The van der Waals surface area contributed by atoms with Gasteiger partial charge in [-0.05, 0) is 97.7 Å². The molecule has 0 bridgehead atoms. The highest BCUT2D eigenvalue weighted by Gasteiger charge is 2.57. The van der Waals surface area contributed by atoms with Gasteiger partial charge in [-0.25, -0.2) is 0 Å². The molecule has 166 valence electrons. The lowest BCUT2D eigenvalue weighted by Gasteiger charge is -2.62. The molecule has 1 nitrogen and oxygen atoms in total. The highest BCUT2D eigenvalue weighted by molar-refractivity contribution is 5.25. The van der Waals surface area contributed by atoms with Crippen LogP contribution in [0.25, 0.3) is 0 Å². The summed E-state index contributed by atoms with van der Waals surface area (Å²) in [6.45, 7) is 12.6. The molecule has 4 rings (SSSR count). The zero-order chi connectivity index (χ0) is 20.8. The summed E-state index contributed by atoms with van der Waals surface area (Å²) in [7, 11) is 0. The summed E-state index contributed by atoms with van der Waals surface area (Å²) in [5.74, 6) is 5.42. The van der Waals surface area contributed by atoms with Gasteiger partial charge in [0.15, 0.2) is 0 Å². The molecule has 0 heterocycles. The fraction of sp³-hybridized carbons (Fsp3) is 0.929. The van der Waals surface area contributed by atoms with Gasteiger partial charge in [-0.2, -0.15) is 0 Å². The van der Waals surface area contributed by atoms with Crippen LogP contribution in [0.4, 0.5) is 0 Å². The molecule has 0 spiro atoms. The molecule has 0 saturated heterocycles. The van der Waals surface area contributed by atoms with E-state index in [0.29, 0.717) is 10.8 Å². The molecular formula is C28H48O. The van der Waals surface area contributed by atoms with Gasteiger partial charge in [0.1, 0.15) is 0 Å². The molecule has 3 fully saturated rings. The Bertz CT molecular complexity index is 605. The summed E-state index contributed by atoms with van der Waals surface area (Å²) < 4.78 is 0. The number of hydrogen-bond donors (Lipinski definition) is 1. The van der Waals surface area contributed by atoms with Crippen LogP contribution in [0.15, 0.2) is 11.6 Å². The van der Waals surface area contributed by atoms with Gasteiger partial charge in [0.2, 0.25) is 0 Å². The summed E-state index contributed by atoms with van der Waals surface area (Å²) in [6, 6.07) is 0. The smallest absolute Gasteiger partial charge is 0.0577 e. The van der Waals surface area contributed by atoms with E-state index < -0.39 is 0 Å². The summed E-state index contributed by atoms with van der Waals surface area (Å²) in [5.41, 5.74) is 2.58. The van der Waals surface area contributed by atoms with Crippen LogP contribution in [-0.2, 0) is 0 Å². The molecule has 0 amide bonds. The van der Waals surface area contributed by atoms with E-state index in [1.54, 1.807) is 5.57 Å². The summed E-state index contributed by atoms with van der Waals surface area (Å²) in [4.78, 5) is 0. The van der Waals surface area contributed by atoms with Crippen molar-refractivity contribution in [3.05, 3.63) is 11.6 Å². The van der Waals surface area contributed by atoms with E-state index in [-0.39, 0.29) is 6.10 Å². The summed E-state index contributed by atoms with van der Waals surface area (Å²) in [5, 5.41) is 10.2. The molecule has 4 unspecified atom stereocenters. The molecule has 3 saturated carbocycles. The maximum atomic E-state index is 10.2. The standard InChI is InChI=1S/C28H48O/c1-19(2)8-6-9-20(3)24-10-7-11-25-23-13-12-21-18-22(29)14-16-27(21,4)26(23)15-17-28(24,25)5/h12,19-20,22-26,29H,6-11,13-18H2,1-5H3/t20-,22+,23?,24?,25?,26?,27+,28-/m1/s1.